The van der Waals surface area contributed by atoms with Gasteiger partial charge in [-0.05, 0) is 6.92 Å². The monoisotopic (exact) mass is 211 g/mol. The van der Waals surface area contributed by atoms with Crippen molar-refractivity contribution in [3.8, 4) is 6.07 Å². The average molecular weight is 211 g/mol. The van der Waals surface area contributed by atoms with Gasteiger partial charge in [-0.15, -0.1) is 0 Å². The van der Waals surface area contributed by atoms with Gasteiger partial charge in [0.05, 0.1) is 0 Å². The Morgan fingerprint density at radius 2 is 2.00 bits per heavy atom. The highest BCUT2D eigenvalue weighted by atomic mass is 19.4. The van der Waals surface area contributed by atoms with Crippen molar-refractivity contribution in [1.29, 1.82) is 5.26 Å². The number of ether oxygens (including phenoxy) is 1. The highest BCUT2D eigenvalue weighted by molar-refractivity contribution is 5.58. The van der Waals surface area contributed by atoms with Crippen LogP contribution in [0.4, 0.5) is 18.0 Å². The molecule has 0 heterocycles. The van der Waals surface area contributed by atoms with Crippen LogP contribution in [-0.4, -0.2) is 23.0 Å². The van der Waals surface area contributed by atoms with Crippen LogP contribution in [0.5, 0.6) is 0 Å². The number of alkyl halides is 3. The number of hydrogen-bond acceptors (Lipinski definition) is 3. The molecule has 0 saturated carbocycles. The van der Waals surface area contributed by atoms with E-state index < -0.39 is 30.8 Å². The Kier molecular flexibility index (Phi) is 3.74. The maximum absolute atomic E-state index is 11.7. The van der Waals surface area contributed by atoms with Gasteiger partial charge in [0.2, 0.25) is 0 Å². The van der Waals surface area contributed by atoms with Gasteiger partial charge < -0.3 is 9.84 Å². The highest BCUT2D eigenvalue weighted by Gasteiger charge is 2.36. The van der Waals surface area contributed by atoms with Gasteiger partial charge in [-0.3, -0.25) is 0 Å². The first-order valence-electron chi connectivity index (χ1n) is 3.58. The summed E-state index contributed by atoms with van der Waals surface area (Å²) in [5.41, 5.74) is -1.94. The topological polar surface area (TPSA) is 70.3 Å². The van der Waals surface area contributed by atoms with Gasteiger partial charge in [-0.25, -0.2) is 4.79 Å². The second-order valence-corrected chi connectivity index (χ2v) is 2.83. The van der Waals surface area contributed by atoms with Crippen LogP contribution in [0.3, 0.4) is 0 Å². The molecule has 80 valence electrons. The zero-order valence-electron chi connectivity index (χ0n) is 7.26. The molecule has 0 aliphatic heterocycles. The zero-order chi connectivity index (χ0) is 11.4. The quantitative estimate of drug-likeness (QED) is 0.727. The average Bonchev–Trinajstić information content (AvgIpc) is 1.99. The Morgan fingerprint density at radius 3 is 2.29 bits per heavy atom. The lowest BCUT2D eigenvalue weighted by atomic mass is 10.0. The van der Waals surface area contributed by atoms with Crippen LogP contribution in [0, 0.1) is 11.3 Å². The van der Waals surface area contributed by atoms with E-state index in [-0.39, 0.29) is 0 Å². The maximum atomic E-state index is 11.7. The van der Waals surface area contributed by atoms with Crippen molar-refractivity contribution in [3.63, 3.8) is 0 Å². The minimum absolute atomic E-state index is 0.709. The predicted molar refractivity (Wildman–Crippen MR) is 38.4 cm³/mol. The van der Waals surface area contributed by atoms with Gasteiger partial charge in [0.1, 0.15) is 6.07 Å². The summed E-state index contributed by atoms with van der Waals surface area (Å²) in [6.07, 6.45) is -8.17. The normalized spacial score (nSPS) is 15.4. The van der Waals surface area contributed by atoms with E-state index in [0.29, 0.717) is 0 Å². The molecule has 0 spiro atoms. The van der Waals surface area contributed by atoms with Crippen molar-refractivity contribution < 1.29 is 27.8 Å². The van der Waals surface area contributed by atoms with Gasteiger partial charge >= 0.3 is 12.3 Å². The van der Waals surface area contributed by atoms with Crippen LogP contribution < -0.4 is 0 Å². The van der Waals surface area contributed by atoms with Crippen LogP contribution in [0.2, 0.25) is 0 Å². The summed E-state index contributed by atoms with van der Waals surface area (Å²) < 4.78 is 39.3. The molecule has 1 unspecified atom stereocenters. The summed E-state index contributed by atoms with van der Waals surface area (Å²) in [6, 6.07) is 1.38. The molecule has 1 N–H and O–H groups in total. The van der Waals surface area contributed by atoms with Gasteiger partial charge in [0.25, 0.3) is 0 Å². The van der Waals surface area contributed by atoms with Crippen LogP contribution in [-0.2, 0) is 4.74 Å². The molecule has 0 bridgehead atoms. The van der Waals surface area contributed by atoms with Crippen molar-refractivity contribution in [2.75, 3.05) is 0 Å². The number of carboxylic acid groups (broad SMARTS) is 1. The van der Waals surface area contributed by atoms with E-state index in [1.165, 1.54) is 6.07 Å². The van der Waals surface area contributed by atoms with Crippen molar-refractivity contribution in [2.45, 2.75) is 31.5 Å². The van der Waals surface area contributed by atoms with Crippen molar-refractivity contribution in [1.82, 2.24) is 0 Å². The predicted octanol–water partition coefficient (Wildman–Crippen LogP) is 2.31. The molecule has 0 aliphatic rings. The maximum Gasteiger partial charge on any atom is 0.507 e. The number of nitriles is 1. The highest BCUT2D eigenvalue weighted by Crippen LogP contribution is 2.27. The lowest BCUT2D eigenvalue weighted by Crippen LogP contribution is -2.31. The Hall–Kier alpha value is -1.45. The fourth-order valence-electron chi connectivity index (χ4n) is 0.703. The largest absolute Gasteiger partial charge is 0.507 e. The standard InChI is InChI=1S/C7H8F3NO3/c1-6(4-11,14-5(12)13)2-3-7(8,9)10/h2-3H2,1H3,(H,12,13). The van der Waals surface area contributed by atoms with Crippen LogP contribution >= 0.6 is 0 Å². The third-order valence-electron chi connectivity index (χ3n) is 1.43. The summed E-state index contributed by atoms with van der Waals surface area (Å²) in [6.45, 7) is 0.993. The minimum Gasteiger partial charge on any atom is -0.450 e. The molecule has 7 heteroatoms. The van der Waals surface area contributed by atoms with Gasteiger partial charge in [0.15, 0.2) is 5.60 Å². The molecular weight excluding hydrogens is 203 g/mol. The van der Waals surface area contributed by atoms with Crippen LogP contribution in [0.15, 0.2) is 0 Å². The first kappa shape index (κ1) is 12.6. The summed E-state index contributed by atoms with van der Waals surface area (Å²) in [5.74, 6) is 0. The molecular formula is C7H8F3NO3. The fraction of sp³-hybridized carbons (Fsp3) is 0.714. The first-order valence-corrected chi connectivity index (χ1v) is 3.58. The van der Waals surface area contributed by atoms with E-state index in [1.54, 1.807) is 0 Å². The van der Waals surface area contributed by atoms with E-state index in [2.05, 4.69) is 4.74 Å². The van der Waals surface area contributed by atoms with E-state index in [4.69, 9.17) is 10.4 Å². The SMILES string of the molecule is CC(C#N)(CCC(F)(F)F)OC(=O)O. The van der Waals surface area contributed by atoms with Gasteiger partial charge in [-0.2, -0.15) is 18.4 Å². The summed E-state index contributed by atoms with van der Waals surface area (Å²) in [7, 11) is 0. The first-order chi connectivity index (χ1) is 6.18. The molecule has 0 fully saturated rings. The summed E-state index contributed by atoms with van der Waals surface area (Å²) >= 11 is 0. The smallest absolute Gasteiger partial charge is 0.450 e. The van der Waals surface area contributed by atoms with Crippen LogP contribution in [0.25, 0.3) is 0 Å². The van der Waals surface area contributed by atoms with E-state index in [0.717, 1.165) is 6.92 Å². The van der Waals surface area contributed by atoms with E-state index in [1.807, 2.05) is 0 Å². The molecule has 0 aromatic heterocycles. The Balaban J connectivity index is 4.29. The third-order valence-corrected chi connectivity index (χ3v) is 1.43. The van der Waals surface area contributed by atoms with Gasteiger partial charge in [0, 0.05) is 12.8 Å². The van der Waals surface area contributed by atoms with Gasteiger partial charge in [-0.1, -0.05) is 0 Å². The zero-order valence-corrected chi connectivity index (χ0v) is 7.26. The summed E-state index contributed by atoms with van der Waals surface area (Å²) in [5, 5.41) is 16.6. The van der Waals surface area contributed by atoms with Crippen LogP contribution in [0.1, 0.15) is 19.8 Å². The molecule has 0 saturated heterocycles. The van der Waals surface area contributed by atoms with Crippen molar-refractivity contribution >= 4 is 6.16 Å². The number of carbonyl (C=O) groups is 1. The molecule has 0 radical (unpaired) electrons. The fourth-order valence-corrected chi connectivity index (χ4v) is 0.703. The second kappa shape index (κ2) is 4.17. The molecule has 0 rings (SSSR count). The number of hydrogen-bond donors (Lipinski definition) is 1. The number of nitrogens with zero attached hydrogens (tertiary/aromatic N) is 1. The lowest BCUT2D eigenvalue weighted by Gasteiger charge is -2.20. The minimum atomic E-state index is -4.43. The third kappa shape index (κ3) is 5.24. The Morgan fingerprint density at radius 1 is 1.50 bits per heavy atom. The number of halogens is 3. The molecule has 0 aromatic carbocycles. The lowest BCUT2D eigenvalue weighted by molar-refractivity contribution is -0.143. The molecule has 0 amide bonds. The van der Waals surface area contributed by atoms with Crippen molar-refractivity contribution in [3.05, 3.63) is 0 Å². The number of rotatable bonds is 3. The van der Waals surface area contributed by atoms with E-state index >= 15 is 0 Å². The summed E-state index contributed by atoms with van der Waals surface area (Å²) in [4.78, 5) is 10.0. The molecule has 0 aliphatic carbocycles. The Bertz CT molecular complexity index is 258. The molecule has 14 heavy (non-hydrogen) atoms. The second-order valence-electron chi connectivity index (χ2n) is 2.83. The molecule has 4 nitrogen and oxygen atoms in total. The Labute approximate surface area is 77.9 Å². The molecule has 0 aromatic rings. The van der Waals surface area contributed by atoms with E-state index in [9.17, 15) is 18.0 Å². The molecule has 1 atom stereocenters. The van der Waals surface area contributed by atoms with Crippen molar-refractivity contribution in [2.24, 2.45) is 0 Å².